The molecule has 2 rings (SSSR count). The molecule has 0 fully saturated rings. The zero-order valence-electron chi connectivity index (χ0n) is 9.67. The number of hydrazine groups is 1. The molecule has 2 aromatic heterocycles. The first kappa shape index (κ1) is 12.4. The lowest BCUT2D eigenvalue weighted by atomic mass is 10.3. The smallest absolute Gasteiger partial charge is 0.426 e. The molecule has 2 heterocycles. The third-order valence-electron chi connectivity index (χ3n) is 2.06. The van der Waals surface area contributed by atoms with Crippen molar-refractivity contribution in [1.29, 1.82) is 0 Å². The molecule has 8 heteroatoms. The molecule has 0 aliphatic heterocycles. The normalized spacial score (nSPS) is 10.3. The fourth-order valence-corrected chi connectivity index (χ4v) is 2.08. The maximum Gasteiger partial charge on any atom is 0.426 e. The van der Waals surface area contributed by atoms with E-state index in [-0.39, 0.29) is 18.9 Å². The molecule has 0 radical (unpaired) electrons. The Morgan fingerprint density at radius 1 is 1.50 bits per heavy atom. The van der Waals surface area contributed by atoms with E-state index in [4.69, 9.17) is 0 Å². The van der Waals surface area contributed by atoms with Gasteiger partial charge in [-0.1, -0.05) is 0 Å². The van der Waals surface area contributed by atoms with Crippen molar-refractivity contribution in [3.8, 4) is 0 Å². The standard InChI is InChI=1S/C10H12N4O3S/c1-2-17-10(16)13-12-8(15)5-7-6-14-3-4-18-9(14)11-7/h3-4,6H,2,5H2,1H3,(H,12,15)(H,13,16). The number of aromatic nitrogens is 2. The number of amides is 2. The highest BCUT2D eigenvalue weighted by Crippen LogP contribution is 2.11. The lowest BCUT2D eigenvalue weighted by molar-refractivity contribution is -0.121. The Morgan fingerprint density at radius 3 is 3.06 bits per heavy atom. The van der Waals surface area contributed by atoms with Crippen molar-refractivity contribution in [3.63, 3.8) is 0 Å². The number of ether oxygens (including phenoxy) is 1. The Bertz CT molecular complexity index is 534. The minimum atomic E-state index is -0.684. The van der Waals surface area contributed by atoms with Crippen LogP contribution in [0.3, 0.4) is 0 Å². The highest BCUT2D eigenvalue weighted by Gasteiger charge is 2.09. The number of carbonyl (C=O) groups excluding carboxylic acids is 2. The molecule has 7 nitrogen and oxygen atoms in total. The van der Waals surface area contributed by atoms with E-state index in [0.717, 1.165) is 4.96 Å². The van der Waals surface area contributed by atoms with Crippen LogP contribution in [-0.4, -0.2) is 28.0 Å². The highest BCUT2D eigenvalue weighted by atomic mass is 32.1. The van der Waals surface area contributed by atoms with Crippen molar-refractivity contribution in [1.82, 2.24) is 20.2 Å². The number of nitrogens with one attached hydrogen (secondary N) is 2. The molecule has 0 atom stereocenters. The van der Waals surface area contributed by atoms with E-state index in [2.05, 4.69) is 20.6 Å². The van der Waals surface area contributed by atoms with E-state index in [0.29, 0.717) is 5.69 Å². The largest absolute Gasteiger partial charge is 0.449 e. The number of fused-ring (bicyclic) bond motifs is 1. The van der Waals surface area contributed by atoms with Gasteiger partial charge in [0.05, 0.1) is 18.7 Å². The van der Waals surface area contributed by atoms with Crippen molar-refractivity contribution in [2.24, 2.45) is 0 Å². The highest BCUT2D eigenvalue weighted by molar-refractivity contribution is 7.15. The van der Waals surface area contributed by atoms with E-state index in [1.807, 2.05) is 16.0 Å². The Morgan fingerprint density at radius 2 is 2.33 bits per heavy atom. The number of thiazole rings is 1. The number of nitrogens with zero attached hydrogens (tertiary/aromatic N) is 2. The van der Waals surface area contributed by atoms with Gasteiger partial charge in [-0.2, -0.15) is 0 Å². The van der Waals surface area contributed by atoms with Gasteiger partial charge in [-0.05, 0) is 6.92 Å². The molecule has 0 spiro atoms. The lowest BCUT2D eigenvalue weighted by Crippen LogP contribution is -2.42. The number of hydrogen-bond acceptors (Lipinski definition) is 5. The maximum absolute atomic E-state index is 11.5. The zero-order chi connectivity index (χ0) is 13.0. The Hall–Kier alpha value is -2.09. The van der Waals surface area contributed by atoms with Crippen LogP contribution in [0, 0.1) is 0 Å². The maximum atomic E-state index is 11.5. The monoisotopic (exact) mass is 268 g/mol. The van der Waals surface area contributed by atoms with Crippen LogP contribution in [-0.2, 0) is 16.0 Å². The van der Waals surface area contributed by atoms with Gasteiger partial charge in [0.15, 0.2) is 4.96 Å². The molecule has 2 aromatic rings. The molecule has 0 aliphatic rings. The van der Waals surface area contributed by atoms with Crippen LogP contribution in [0.2, 0.25) is 0 Å². The third kappa shape index (κ3) is 2.98. The Labute approximate surface area is 107 Å². The van der Waals surface area contributed by atoms with E-state index >= 15 is 0 Å². The first-order valence-corrected chi connectivity index (χ1v) is 6.19. The van der Waals surface area contributed by atoms with Crippen LogP contribution < -0.4 is 10.9 Å². The summed E-state index contributed by atoms with van der Waals surface area (Å²) in [5.41, 5.74) is 5.02. The van der Waals surface area contributed by atoms with Crippen molar-refractivity contribution in [2.75, 3.05) is 6.61 Å². The minimum Gasteiger partial charge on any atom is -0.449 e. The molecular weight excluding hydrogens is 256 g/mol. The lowest BCUT2D eigenvalue weighted by Gasteiger charge is -2.05. The van der Waals surface area contributed by atoms with Crippen molar-refractivity contribution >= 4 is 28.3 Å². The molecule has 2 amide bonds. The van der Waals surface area contributed by atoms with Gasteiger partial charge in [-0.25, -0.2) is 15.2 Å². The van der Waals surface area contributed by atoms with Crippen LogP contribution >= 0.6 is 11.3 Å². The third-order valence-corrected chi connectivity index (χ3v) is 2.83. The van der Waals surface area contributed by atoms with E-state index in [1.54, 1.807) is 13.1 Å². The van der Waals surface area contributed by atoms with Gasteiger partial charge in [0, 0.05) is 17.8 Å². The van der Waals surface area contributed by atoms with Gasteiger partial charge < -0.3 is 4.74 Å². The molecule has 0 saturated carbocycles. The quantitative estimate of drug-likeness (QED) is 0.803. The Kier molecular flexibility index (Phi) is 3.78. The summed E-state index contributed by atoms with van der Waals surface area (Å²) in [6.07, 6.45) is 3.05. The molecule has 0 bridgehead atoms. The molecule has 0 unspecified atom stereocenters. The molecule has 18 heavy (non-hydrogen) atoms. The SMILES string of the molecule is CCOC(=O)NNC(=O)Cc1cn2ccsc2n1. The molecule has 0 aromatic carbocycles. The van der Waals surface area contributed by atoms with Gasteiger partial charge in [-0.15, -0.1) is 11.3 Å². The summed E-state index contributed by atoms with van der Waals surface area (Å²) in [6.45, 7) is 1.93. The summed E-state index contributed by atoms with van der Waals surface area (Å²) in [7, 11) is 0. The fourth-order valence-electron chi connectivity index (χ4n) is 1.36. The predicted octanol–water partition coefficient (Wildman–Crippen LogP) is 0.716. The summed E-state index contributed by atoms with van der Waals surface area (Å²) < 4.78 is 6.43. The number of hydrogen-bond donors (Lipinski definition) is 2. The number of carbonyl (C=O) groups is 2. The van der Waals surface area contributed by atoms with Gasteiger partial charge in [0.1, 0.15) is 0 Å². The summed E-state index contributed by atoms with van der Waals surface area (Å²) in [6, 6.07) is 0. The zero-order valence-corrected chi connectivity index (χ0v) is 10.5. The van der Waals surface area contributed by atoms with E-state index in [9.17, 15) is 9.59 Å². The van der Waals surface area contributed by atoms with Crippen LogP contribution in [0.5, 0.6) is 0 Å². The molecular formula is C10H12N4O3S. The fraction of sp³-hybridized carbons (Fsp3) is 0.300. The topological polar surface area (TPSA) is 84.7 Å². The predicted molar refractivity (Wildman–Crippen MR) is 65.1 cm³/mol. The average Bonchev–Trinajstić information content (AvgIpc) is 2.87. The number of rotatable bonds is 3. The van der Waals surface area contributed by atoms with Gasteiger partial charge in [0.25, 0.3) is 0 Å². The summed E-state index contributed by atoms with van der Waals surface area (Å²) in [4.78, 5) is 27.5. The van der Waals surface area contributed by atoms with Crippen LogP contribution in [0.15, 0.2) is 17.8 Å². The van der Waals surface area contributed by atoms with Crippen molar-refractivity contribution in [3.05, 3.63) is 23.5 Å². The first-order valence-electron chi connectivity index (χ1n) is 5.31. The first-order chi connectivity index (χ1) is 8.69. The van der Waals surface area contributed by atoms with Crippen LogP contribution in [0.1, 0.15) is 12.6 Å². The molecule has 96 valence electrons. The van der Waals surface area contributed by atoms with Crippen LogP contribution in [0.4, 0.5) is 4.79 Å². The number of imidazole rings is 1. The van der Waals surface area contributed by atoms with Crippen molar-refractivity contribution in [2.45, 2.75) is 13.3 Å². The summed E-state index contributed by atoms with van der Waals surface area (Å²) in [5.74, 6) is -0.353. The second-order valence-corrected chi connectivity index (χ2v) is 4.27. The Balaban J connectivity index is 1.84. The minimum absolute atomic E-state index is 0.0980. The van der Waals surface area contributed by atoms with E-state index in [1.165, 1.54) is 11.3 Å². The van der Waals surface area contributed by atoms with Gasteiger partial charge >= 0.3 is 6.09 Å². The molecule has 0 saturated heterocycles. The van der Waals surface area contributed by atoms with E-state index < -0.39 is 6.09 Å². The van der Waals surface area contributed by atoms with Crippen molar-refractivity contribution < 1.29 is 14.3 Å². The van der Waals surface area contributed by atoms with Gasteiger partial charge in [0.2, 0.25) is 5.91 Å². The second-order valence-electron chi connectivity index (χ2n) is 3.40. The van der Waals surface area contributed by atoms with Gasteiger partial charge in [-0.3, -0.25) is 14.6 Å². The summed E-state index contributed by atoms with van der Waals surface area (Å²) >= 11 is 1.49. The molecule has 2 N–H and O–H groups in total. The summed E-state index contributed by atoms with van der Waals surface area (Å²) in [5, 5.41) is 1.91. The molecule has 0 aliphatic carbocycles. The van der Waals surface area contributed by atoms with Crippen LogP contribution in [0.25, 0.3) is 4.96 Å². The average molecular weight is 268 g/mol. The second kappa shape index (κ2) is 5.50.